The Morgan fingerprint density at radius 1 is 1.28 bits per heavy atom. The van der Waals surface area contributed by atoms with Gasteiger partial charge >= 0.3 is 5.69 Å². The minimum atomic E-state index is -0.507. The minimum absolute atomic E-state index is 0.302. The molecule has 8 heteroatoms. The maximum Gasteiger partial charge on any atom is 0.329 e. The fourth-order valence-corrected chi connectivity index (χ4v) is 2.41. The van der Waals surface area contributed by atoms with Crippen LogP contribution < -0.4 is 16.7 Å². The van der Waals surface area contributed by atoms with Crippen LogP contribution in [0.4, 0.5) is 5.95 Å². The number of hydrogen-bond acceptors (Lipinski definition) is 5. The third-order valence-corrected chi connectivity index (χ3v) is 3.71. The van der Waals surface area contributed by atoms with Gasteiger partial charge in [0.05, 0.1) is 6.21 Å². The average Bonchev–Trinajstić information content (AvgIpc) is 2.98. The summed E-state index contributed by atoms with van der Waals surface area (Å²) < 4.78 is 2.98. The molecule has 0 radical (unpaired) electrons. The Kier molecular flexibility index (Phi) is 4.60. The van der Waals surface area contributed by atoms with E-state index in [1.54, 1.807) is 17.8 Å². The van der Waals surface area contributed by atoms with Gasteiger partial charge in [-0.15, -0.1) is 0 Å². The van der Waals surface area contributed by atoms with Gasteiger partial charge in [0.2, 0.25) is 5.95 Å². The van der Waals surface area contributed by atoms with E-state index in [-0.39, 0.29) is 0 Å². The highest BCUT2D eigenvalue weighted by Crippen LogP contribution is 2.15. The van der Waals surface area contributed by atoms with E-state index in [9.17, 15) is 9.59 Å². The molecule has 0 bridgehead atoms. The van der Waals surface area contributed by atoms with Gasteiger partial charge in [-0.1, -0.05) is 42.5 Å². The number of nitrogens with zero attached hydrogens (tertiary/aromatic N) is 4. The van der Waals surface area contributed by atoms with Crippen LogP contribution in [0.25, 0.3) is 11.2 Å². The van der Waals surface area contributed by atoms with Crippen molar-refractivity contribution in [1.82, 2.24) is 19.1 Å². The van der Waals surface area contributed by atoms with Crippen molar-refractivity contribution in [1.29, 1.82) is 0 Å². The number of benzene rings is 1. The lowest BCUT2D eigenvalue weighted by molar-refractivity contribution is 0.818. The molecule has 0 saturated heterocycles. The number of aryl methyl sites for hydroxylation is 1. The molecule has 0 saturated carbocycles. The molecule has 0 unspecified atom stereocenters. The maximum absolute atomic E-state index is 12.2. The monoisotopic (exact) mass is 338 g/mol. The summed E-state index contributed by atoms with van der Waals surface area (Å²) in [6.45, 7) is 2.32. The molecule has 0 atom stereocenters. The maximum atomic E-state index is 12.2. The highest BCUT2D eigenvalue weighted by molar-refractivity contribution is 5.80. The van der Waals surface area contributed by atoms with Crippen molar-refractivity contribution in [3.05, 3.63) is 68.9 Å². The Bertz CT molecular complexity index is 1060. The Hall–Kier alpha value is -3.42. The number of hydrogen-bond donors (Lipinski definition) is 2. The fourth-order valence-electron chi connectivity index (χ4n) is 2.41. The molecular formula is C17H18N6O2. The quantitative estimate of drug-likeness (QED) is 0.418. The average molecular weight is 338 g/mol. The summed E-state index contributed by atoms with van der Waals surface area (Å²) in [5.74, 6) is 0.381. The lowest BCUT2D eigenvalue weighted by Crippen LogP contribution is -2.29. The topological polar surface area (TPSA) is 97.1 Å². The summed E-state index contributed by atoms with van der Waals surface area (Å²) in [6.07, 6.45) is 5.42. The normalized spacial score (nSPS) is 11.8. The summed E-state index contributed by atoms with van der Waals surface area (Å²) in [6, 6.07) is 9.59. The zero-order chi connectivity index (χ0) is 17.8. The zero-order valence-corrected chi connectivity index (χ0v) is 13.9. The van der Waals surface area contributed by atoms with Crippen LogP contribution in [0, 0.1) is 0 Å². The summed E-state index contributed by atoms with van der Waals surface area (Å²) >= 11 is 0. The summed E-state index contributed by atoms with van der Waals surface area (Å²) in [7, 11) is 1.56. The van der Waals surface area contributed by atoms with Crippen molar-refractivity contribution in [2.24, 2.45) is 12.1 Å². The van der Waals surface area contributed by atoms with Crippen LogP contribution >= 0.6 is 0 Å². The Balaban J connectivity index is 2.06. The number of H-pyrrole nitrogens is 1. The fraction of sp³-hybridized carbons (Fsp3) is 0.176. The molecule has 2 aromatic heterocycles. The van der Waals surface area contributed by atoms with Gasteiger partial charge in [-0.05, 0) is 12.5 Å². The SMILES string of the molecule is C/C=C/Cn1c(N/N=C\c2ccccc2)nc2c1c(=O)[nH]c(=O)n2C. The van der Waals surface area contributed by atoms with Gasteiger partial charge in [0.25, 0.3) is 5.56 Å². The Morgan fingerprint density at radius 2 is 2.04 bits per heavy atom. The van der Waals surface area contributed by atoms with Crippen LogP contribution in [-0.2, 0) is 13.6 Å². The molecule has 0 aliphatic carbocycles. The van der Waals surface area contributed by atoms with Crippen LogP contribution in [0.15, 0.2) is 57.2 Å². The molecule has 1 aromatic carbocycles. The highest BCUT2D eigenvalue weighted by atomic mass is 16.2. The number of imidazole rings is 1. The first-order valence-corrected chi connectivity index (χ1v) is 7.76. The van der Waals surface area contributed by atoms with E-state index in [1.165, 1.54) is 4.57 Å². The number of aromatic amines is 1. The van der Waals surface area contributed by atoms with E-state index >= 15 is 0 Å². The van der Waals surface area contributed by atoms with E-state index in [4.69, 9.17) is 0 Å². The second kappa shape index (κ2) is 7.00. The third kappa shape index (κ3) is 3.27. The second-order valence-corrected chi connectivity index (χ2v) is 5.39. The number of nitrogens with one attached hydrogen (secondary N) is 2. The van der Waals surface area contributed by atoms with Crippen LogP contribution in [-0.4, -0.2) is 25.3 Å². The highest BCUT2D eigenvalue weighted by Gasteiger charge is 2.16. The molecule has 3 aromatic rings. The summed E-state index contributed by atoms with van der Waals surface area (Å²) in [5, 5.41) is 4.18. The number of anilines is 1. The van der Waals surface area contributed by atoms with Crippen molar-refractivity contribution in [3.8, 4) is 0 Å². The van der Waals surface area contributed by atoms with Crippen molar-refractivity contribution < 1.29 is 0 Å². The van der Waals surface area contributed by atoms with Gasteiger partial charge < -0.3 is 0 Å². The predicted molar refractivity (Wildman–Crippen MR) is 98.1 cm³/mol. The lowest BCUT2D eigenvalue weighted by atomic mass is 10.2. The molecular weight excluding hydrogens is 320 g/mol. The van der Waals surface area contributed by atoms with Gasteiger partial charge in [-0.2, -0.15) is 10.1 Å². The molecule has 128 valence electrons. The Labute approximate surface area is 143 Å². The van der Waals surface area contributed by atoms with E-state index in [0.29, 0.717) is 23.7 Å². The number of aromatic nitrogens is 4. The molecule has 0 spiro atoms. The van der Waals surface area contributed by atoms with Crippen molar-refractivity contribution in [2.75, 3.05) is 5.43 Å². The first kappa shape index (κ1) is 16.4. The van der Waals surface area contributed by atoms with Gasteiger partial charge in [-0.3, -0.25) is 18.9 Å². The number of hydrazone groups is 1. The molecule has 2 N–H and O–H groups in total. The second-order valence-electron chi connectivity index (χ2n) is 5.39. The van der Waals surface area contributed by atoms with Gasteiger partial charge in [0.1, 0.15) is 0 Å². The molecule has 0 aliphatic heterocycles. The van der Waals surface area contributed by atoms with Gasteiger partial charge in [0.15, 0.2) is 11.2 Å². The van der Waals surface area contributed by atoms with E-state index < -0.39 is 11.2 Å². The molecule has 2 heterocycles. The Morgan fingerprint density at radius 3 is 2.76 bits per heavy atom. The van der Waals surface area contributed by atoms with E-state index in [1.807, 2.05) is 49.4 Å². The zero-order valence-electron chi connectivity index (χ0n) is 13.9. The molecule has 0 amide bonds. The number of rotatable bonds is 5. The van der Waals surface area contributed by atoms with E-state index in [2.05, 4.69) is 20.5 Å². The molecule has 0 aliphatic rings. The van der Waals surface area contributed by atoms with Crippen LogP contribution in [0.2, 0.25) is 0 Å². The molecule has 8 nitrogen and oxygen atoms in total. The van der Waals surface area contributed by atoms with Gasteiger partial charge in [0, 0.05) is 13.6 Å². The standard InChI is InChI=1S/C17H18N6O2/c1-3-4-10-23-13-14(22(2)17(25)20-15(13)24)19-16(23)21-18-11-12-8-6-5-7-9-12/h3-9,11H,10H2,1-2H3,(H,19,21)(H,20,24,25)/b4-3+,18-11-. The predicted octanol–water partition coefficient (Wildman–Crippen LogP) is 1.45. The van der Waals surface area contributed by atoms with Crippen LogP contribution in [0.1, 0.15) is 12.5 Å². The smallest absolute Gasteiger partial charge is 0.299 e. The van der Waals surface area contributed by atoms with Crippen molar-refractivity contribution in [2.45, 2.75) is 13.5 Å². The van der Waals surface area contributed by atoms with Crippen LogP contribution in [0.5, 0.6) is 0 Å². The lowest BCUT2D eigenvalue weighted by Gasteiger charge is -2.04. The van der Waals surface area contributed by atoms with Crippen LogP contribution in [0.3, 0.4) is 0 Å². The van der Waals surface area contributed by atoms with Crippen molar-refractivity contribution >= 4 is 23.3 Å². The number of allylic oxidation sites excluding steroid dienone is 2. The minimum Gasteiger partial charge on any atom is -0.299 e. The largest absolute Gasteiger partial charge is 0.329 e. The first-order valence-electron chi connectivity index (χ1n) is 7.76. The molecule has 25 heavy (non-hydrogen) atoms. The van der Waals surface area contributed by atoms with Gasteiger partial charge in [-0.25, -0.2) is 10.2 Å². The molecule has 3 rings (SSSR count). The third-order valence-electron chi connectivity index (χ3n) is 3.71. The first-order chi connectivity index (χ1) is 12.1. The van der Waals surface area contributed by atoms with E-state index in [0.717, 1.165) is 5.56 Å². The summed E-state index contributed by atoms with van der Waals surface area (Å²) in [4.78, 5) is 30.7. The summed E-state index contributed by atoms with van der Waals surface area (Å²) in [5.41, 5.74) is 3.42. The van der Waals surface area contributed by atoms with Crippen molar-refractivity contribution in [3.63, 3.8) is 0 Å². The number of fused-ring (bicyclic) bond motifs is 1. The molecule has 0 fully saturated rings.